The Kier molecular flexibility index (Phi) is 5.83. The van der Waals surface area contributed by atoms with Crippen LogP contribution in [0.5, 0.6) is 0 Å². The highest BCUT2D eigenvalue weighted by molar-refractivity contribution is 6.25. The standard InChI is InChI=1S/C40H32N2O4/c1-2-4-25(5-3-1)32-24-34-33-20-26-6-8-30(41-10-14-43-15-11-41)18-28(26)22-36(33)45-39(34)40-38(32)35-21-27-7-9-31(42-12-16-44-17-13-42)19-29(27)23-37(35)46-40/h1-9,18-24H,10-17H2. The van der Waals surface area contributed by atoms with Gasteiger partial charge >= 0.3 is 0 Å². The van der Waals surface area contributed by atoms with Crippen molar-refractivity contribution < 1.29 is 18.3 Å². The Morgan fingerprint density at radius 2 is 1.02 bits per heavy atom. The molecule has 2 aliphatic rings. The number of rotatable bonds is 3. The Hall–Kier alpha value is -5.04. The molecule has 2 aromatic heterocycles. The fourth-order valence-electron chi connectivity index (χ4n) is 7.51. The van der Waals surface area contributed by atoms with Gasteiger partial charge in [0.2, 0.25) is 0 Å². The first-order chi connectivity index (χ1) is 22.8. The highest BCUT2D eigenvalue weighted by atomic mass is 16.5. The van der Waals surface area contributed by atoms with E-state index < -0.39 is 0 Å². The van der Waals surface area contributed by atoms with E-state index in [9.17, 15) is 0 Å². The normalized spacial score (nSPS) is 16.2. The van der Waals surface area contributed by atoms with Gasteiger partial charge in [-0.2, -0.15) is 0 Å². The van der Waals surface area contributed by atoms with Gasteiger partial charge in [-0.15, -0.1) is 0 Å². The van der Waals surface area contributed by atoms with Gasteiger partial charge in [0.15, 0.2) is 11.2 Å². The van der Waals surface area contributed by atoms with Crippen molar-refractivity contribution in [2.45, 2.75) is 0 Å². The number of fused-ring (bicyclic) bond motifs is 9. The van der Waals surface area contributed by atoms with E-state index in [0.29, 0.717) is 0 Å². The van der Waals surface area contributed by atoms with Crippen LogP contribution in [0.3, 0.4) is 0 Å². The highest BCUT2D eigenvalue weighted by Crippen LogP contribution is 2.46. The van der Waals surface area contributed by atoms with Crippen LogP contribution in [0, 0.1) is 0 Å². The third kappa shape index (κ3) is 4.10. The van der Waals surface area contributed by atoms with Crippen molar-refractivity contribution in [2.75, 3.05) is 62.4 Å². The van der Waals surface area contributed by atoms with Crippen LogP contribution in [0.1, 0.15) is 0 Å². The van der Waals surface area contributed by atoms with Crippen molar-refractivity contribution in [3.05, 3.63) is 97.1 Å². The van der Waals surface area contributed by atoms with Gasteiger partial charge in [0, 0.05) is 59.1 Å². The van der Waals surface area contributed by atoms with Crippen LogP contribution in [-0.4, -0.2) is 52.6 Å². The Labute approximate surface area is 265 Å². The van der Waals surface area contributed by atoms with E-state index in [2.05, 4.69) is 107 Å². The number of ether oxygens (including phenoxy) is 2. The maximum Gasteiger partial charge on any atom is 0.179 e. The van der Waals surface area contributed by atoms with Crippen LogP contribution < -0.4 is 9.80 Å². The summed E-state index contributed by atoms with van der Waals surface area (Å²) in [5, 5.41) is 9.08. The summed E-state index contributed by atoms with van der Waals surface area (Å²) in [6.45, 7) is 6.70. The molecule has 0 saturated carbocycles. The molecule has 0 bridgehead atoms. The molecule has 226 valence electrons. The number of nitrogens with zero attached hydrogens (tertiary/aromatic N) is 2. The molecule has 8 aromatic rings. The van der Waals surface area contributed by atoms with Crippen molar-refractivity contribution >= 4 is 76.8 Å². The summed E-state index contributed by atoms with van der Waals surface area (Å²) >= 11 is 0. The largest absolute Gasteiger partial charge is 0.452 e. The SMILES string of the molecule is c1ccc(-c2cc3c4cc5ccc(N6CCOCC6)cc5cc4oc3c3oc4cc5cc(N6CCOCC6)ccc5cc4c23)cc1. The van der Waals surface area contributed by atoms with Crippen molar-refractivity contribution in [3.8, 4) is 11.1 Å². The lowest BCUT2D eigenvalue weighted by Gasteiger charge is -2.29. The second-order valence-corrected chi connectivity index (χ2v) is 12.5. The Morgan fingerprint density at radius 3 is 1.65 bits per heavy atom. The lowest BCUT2D eigenvalue weighted by molar-refractivity contribution is 0.122. The lowest BCUT2D eigenvalue weighted by Crippen LogP contribution is -2.36. The Bertz CT molecular complexity index is 2450. The average molecular weight is 605 g/mol. The molecule has 0 spiro atoms. The molecule has 10 rings (SSSR count). The fourth-order valence-corrected chi connectivity index (χ4v) is 7.51. The summed E-state index contributed by atoms with van der Waals surface area (Å²) in [5.41, 5.74) is 8.08. The number of furan rings is 2. The highest BCUT2D eigenvalue weighted by Gasteiger charge is 2.22. The summed E-state index contributed by atoms with van der Waals surface area (Å²) in [6, 6.07) is 35.3. The van der Waals surface area contributed by atoms with Gasteiger partial charge in [-0.3, -0.25) is 0 Å². The third-order valence-electron chi connectivity index (χ3n) is 9.90. The van der Waals surface area contributed by atoms with E-state index in [0.717, 1.165) is 108 Å². The molecule has 0 atom stereocenters. The molecule has 0 radical (unpaired) electrons. The van der Waals surface area contributed by atoms with Crippen molar-refractivity contribution in [1.82, 2.24) is 0 Å². The zero-order valence-corrected chi connectivity index (χ0v) is 25.4. The number of hydrogen-bond donors (Lipinski definition) is 0. The van der Waals surface area contributed by atoms with Crippen LogP contribution >= 0.6 is 0 Å². The molecule has 0 unspecified atom stereocenters. The molecule has 0 N–H and O–H groups in total. The van der Waals surface area contributed by atoms with Gasteiger partial charge in [-0.25, -0.2) is 0 Å². The molecule has 2 fully saturated rings. The smallest absolute Gasteiger partial charge is 0.179 e. The summed E-state index contributed by atoms with van der Waals surface area (Å²) in [5.74, 6) is 0. The van der Waals surface area contributed by atoms with Crippen molar-refractivity contribution in [2.24, 2.45) is 0 Å². The Morgan fingerprint density at radius 1 is 0.457 bits per heavy atom. The molecular weight excluding hydrogens is 572 g/mol. The number of anilines is 2. The molecule has 2 aliphatic heterocycles. The zero-order chi connectivity index (χ0) is 30.2. The van der Waals surface area contributed by atoms with Crippen molar-refractivity contribution in [3.63, 3.8) is 0 Å². The van der Waals surface area contributed by atoms with E-state index in [-0.39, 0.29) is 0 Å². The number of hydrogen-bond acceptors (Lipinski definition) is 6. The van der Waals surface area contributed by atoms with E-state index in [1.54, 1.807) is 0 Å². The first kappa shape index (κ1) is 26.2. The third-order valence-corrected chi connectivity index (χ3v) is 9.90. The minimum Gasteiger partial charge on any atom is -0.452 e. The predicted octanol–water partition coefficient (Wildman–Crippen LogP) is 9.13. The monoisotopic (exact) mass is 604 g/mol. The molecule has 4 heterocycles. The van der Waals surface area contributed by atoms with Gasteiger partial charge in [-0.1, -0.05) is 42.5 Å². The van der Waals surface area contributed by atoms with Crippen LogP contribution in [0.25, 0.3) is 76.5 Å². The maximum absolute atomic E-state index is 6.80. The molecule has 0 aliphatic carbocycles. The first-order valence-electron chi connectivity index (χ1n) is 16.2. The van der Waals surface area contributed by atoms with E-state index in [1.165, 1.54) is 32.9 Å². The second kappa shape index (κ2) is 10.2. The number of morpholine rings is 2. The lowest BCUT2D eigenvalue weighted by atomic mass is 9.95. The van der Waals surface area contributed by atoms with E-state index in [4.69, 9.17) is 18.3 Å². The van der Waals surface area contributed by atoms with Gasteiger partial charge < -0.3 is 28.1 Å². The fraction of sp³-hybridized carbons (Fsp3) is 0.200. The van der Waals surface area contributed by atoms with E-state index in [1.807, 2.05) is 0 Å². The van der Waals surface area contributed by atoms with Crippen LogP contribution in [0.15, 0.2) is 106 Å². The Balaban J connectivity index is 1.21. The molecule has 6 heteroatoms. The summed E-state index contributed by atoms with van der Waals surface area (Å²) < 4.78 is 24.7. The molecule has 6 aromatic carbocycles. The zero-order valence-electron chi connectivity index (χ0n) is 25.4. The van der Waals surface area contributed by atoms with Gasteiger partial charge in [0.25, 0.3) is 0 Å². The summed E-state index contributed by atoms with van der Waals surface area (Å²) in [4.78, 5) is 4.79. The van der Waals surface area contributed by atoms with Crippen molar-refractivity contribution in [1.29, 1.82) is 0 Å². The molecule has 6 nitrogen and oxygen atoms in total. The van der Waals surface area contributed by atoms with Gasteiger partial charge in [0.1, 0.15) is 11.2 Å². The maximum atomic E-state index is 6.80. The molecular formula is C40H32N2O4. The number of benzene rings is 6. The second-order valence-electron chi connectivity index (χ2n) is 12.5. The quantitative estimate of drug-likeness (QED) is 0.201. The molecule has 0 amide bonds. The summed E-state index contributed by atoms with van der Waals surface area (Å²) in [7, 11) is 0. The van der Waals surface area contributed by atoms with Gasteiger partial charge in [-0.05, 0) is 87.3 Å². The minimum absolute atomic E-state index is 0.765. The van der Waals surface area contributed by atoms with Gasteiger partial charge in [0.05, 0.1) is 26.4 Å². The molecule has 2 saturated heterocycles. The van der Waals surface area contributed by atoms with Crippen LogP contribution in [0.2, 0.25) is 0 Å². The van der Waals surface area contributed by atoms with E-state index >= 15 is 0 Å². The average Bonchev–Trinajstić information content (AvgIpc) is 3.67. The molecule has 46 heavy (non-hydrogen) atoms. The topological polar surface area (TPSA) is 51.2 Å². The first-order valence-corrected chi connectivity index (χ1v) is 16.2. The summed E-state index contributed by atoms with van der Waals surface area (Å²) in [6.07, 6.45) is 0. The van der Waals surface area contributed by atoms with Crippen LogP contribution in [-0.2, 0) is 9.47 Å². The van der Waals surface area contributed by atoms with Crippen LogP contribution in [0.4, 0.5) is 11.4 Å². The minimum atomic E-state index is 0.765. The predicted molar refractivity (Wildman–Crippen MR) is 188 cm³/mol.